The van der Waals surface area contributed by atoms with Gasteiger partial charge in [-0.2, -0.15) is 9.40 Å². The van der Waals surface area contributed by atoms with E-state index < -0.39 is 16.0 Å². The summed E-state index contributed by atoms with van der Waals surface area (Å²) in [5.41, 5.74) is -0.300. The van der Waals surface area contributed by atoms with Gasteiger partial charge < -0.3 is 5.11 Å². The summed E-state index contributed by atoms with van der Waals surface area (Å²) in [5.74, 6) is -1.29. The van der Waals surface area contributed by atoms with Gasteiger partial charge in [0.15, 0.2) is 5.03 Å². The van der Waals surface area contributed by atoms with Crippen molar-refractivity contribution in [3.05, 3.63) is 11.8 Å². The van der Waals surface area contributed by atoms with Crippen molar-refractivity contribution in [3.8, 4) is 0 Å². The van der Waals surface area contributed by atoms with Gasteiger partial charge in [0.2, 0.25) is 0 Å². The highest BCUT2D eigenvalue weighted by Gasteiger charge is 2.36. The number of aromatic carboxylic acids is 1. The van der Waals surface area contributed by atoms with Crippen molar-refractivity contribution in [3.63, 3.8) is 0 Å². The molecule has 0 radical (unpaired) electrons. The zero-order chi connectivity index (χ0) is 14.8. The van der Waals surface area contributed by atoms with E-state index in [1.807, 2.05) is 6.92 Å². The molecule has 20 heavy (non-hydrogen) atoms. The van der Waals surface area contributed by atoms with Gasteiger partial charge in [0, 0.05) is 12.6 Å². The zero-order valence-electron chi connectivity index (χ0n) is 11.4. The molecule has 0 spiro atoms. The summed E-state index contributed by atoms with van der Waals surface area (Å²) in [6.45, 7) is 2.45. The predicted molar refractivity (Wildman–Crippen MR) is 72.0 cm³/mol. The van der Waals surface area contributed by atoms with Gasteiger partial charge in [-0.1, -0.05) is 19.8 Å². The first kappa shape index (κ1) is 15.0. The first-order chi connectivity index (χ1) is 9.48. The van der Waals surface area contributed by atoms with Crippen molar-refractivity contribution >= 4 is 16.0 Å². The van der Waals surface area contributed by atoms with E-state index in [1.54, 1.807) is 0 Å². The molecule has 2 heterocycles. The van der Waals surface area contributed by atoms with E-state index in [-0.39, 0.29) is 16.6 Å². The highest BCUT2D eigenvalue weighted by Crippen LogP contribution is 2.28. The van der Waals surface area contributed by atoms with E-state index in [1.165, 1.54) is 4.31 Å². The van der Waals surface area contributed by atoms with Crippen molar-refractivity contribution in [2.24, 2.45) is 0 Å². The Morgan fingerprint density at radius 3 is 2.95 bits per heavy atom. The molecular formula is C12H19N3O4S. The normalized spacial score (nSPS) is 20.9. The van der Waals surface area contributed by atoms with Gasteiger partial charge >= 0.3 is 5.97 Å². The summed E-state index contributed by atoms with van der Waals surface area (Å²) >= 11 is 0. The van der Waals surface area contributed by atoms with Gasteiger partial charge in [0.05, 0.1) is 6.20 Å². The smallest absolute Gasteiger partial charge is 0.340 e. The highest BCUT2D eigenvalue weighted by molar-refractivity contribution is 7.89. The molecule has 0 amide bonds. The fourth-order valence-electron chi connectivity index (χ4n) is 2.65. The van der Waals surface area contributed by atoms with Crippen LogP contribution in [0.25, 0.3) is 0 Å². The maximum atomic E-state index is 12.7. The lowest BCUT2D eigenvalue weighted by atomic mass is 10.0. The quantitative estimate of drug-likeness (QED) is 0.856. The van der Waals surface area contributed by atoms with Crippen LogP contribution in [-0.2, 0) is 10.0 Å². The van der Waals surface area contributed by atoms with E-state index in [2.05, 4.69) is 10.2 Å². The molecule has 7 nitrogen and oxygen atoms in total. The average molecular weight is 301 g/mol. The molecule has 2 N–H and O–H groups in total. The molecule has 0 aliphatic carbocycles. The van der Waals surface area contributed by atoms with Crippen molar-refractivity contribution in [1.29, 1.82) is 0 Å². The van der Waals surface area contributed by atoms with Crippen LogP contribution in [0.4, 0.5) is 0 Å². The maximum Gasteiger partial charge on any atom is 0.340 e. The first-order valence-electron chi connectivity index (χ1n) is 6.77. The molecule has 112 valence electrons. The molecule has 1 atom stereocenters. The Morgan fingerprint density at radius 1 is 1.55 bits per heavy atom. The summed E-state index contributed by atoms with van der Waals surface area (Å²) in [7, 11) is -3.83. The number of hydrogen-bond acceptors (Lipinski definition) is 4. The van der Waals surface area contributed by atoms with Crippen LogP contribution >= 0.6 is 0 Å². The second kappa shape index (κ2) is 5.92. The minimum Gasteiger partial charge on any atom is -0.478 e. The second-order valence-electron chi connectivity index (χ2n) is 4.97. The van der Waals surface area contributed by atoms with Crippen LogP contribution in [0.3, 0.4) is 0 Å². The number of carboxylic acid groups (broad SMARTS) is 1. The van der Waals surface area contributed by atoms with Crippen LogP contribution < -0.4 is 0 Å². The molecule has 1 aromatic heterocycles. The number of carbonyl (C=O) groups is 1. The largest absolute Gasteiger partial charge is 0.478 e. The SMILES string of the molecule is CCCC1CCCCN1S(=O)(=O)c1[nH]ncc1C(=O)O. The number of piperidine rings is 1. The molecule has 8 heteroatoms. The molecule has 0 aromatic carbocycles. The zero-order valence-corrected chi connectivity index (χ0v) is 12.2. The van der Waals surface area contributed by atoms with Gasteiger partial charge in [-0.05, 0) is 19.3 Å². The fourth-order valence-corrected chi connectivity index (χ4v) is 4.45. The standard InChI is InChI=1S/C12H19N3O4S/c1-2-5-9-6-3-4-7-15(9)20(18,19)11-10(12(16)17)8-13-14-11/h8-9H,2-7H2,1H3,(H,13,14)(H,16,17). The number of rotatable bonds is 5. The number of aromatic nitrogens is 2. The van der Waals surface area contributed by atoms with Crippen molar-refractivity contribution in [2.75, 3.05) is 6.54 Å². The van der Waals surface area contributed by atoms with E-state index in [9.17, 15) is 13.2 Å². The number of aromatic amines is 1. The van der Waals surface area contributed by atoms with Crippen molar-refractivity contribution < 1.29 is 18.3 Å². The van der Waals surface area contributed by atoms with Gasteiger partial charge in [0.25, 0.3) is 10.0 Å². The number of sulfonamides is 1. The van der Waals surface area contributed by atoms with E-state index >= 15 is 0 Å². The summed E-state index contributed by atoms with van der Waals surface area (Å²) in [6.07, 6.45) is 5.35. The molecule has 1 unspecified atom stereocenters. The fraction of sp³-hybridized carbons (Fsp3) is 0.667. The Balaban J connectivity index is 2.37. The third-order valence-corrected chi connectivity index (χ3v) is 5.52. The van der Waals surface area contributed by atoms with E-state index in [0.29, 0.717) is 6.54 Å². The molecule has 1 aliphatic rings. The van der Waals surface area contributed by atoms with Gasteiger partial charge in [-0.3, -0.25) is 5.10 Å². The summed E-state index contributed by atoms with van der Waals surface area (Å²) in [4.78, 5) is 11.1. The molecule has 0 bridgehead atoms. The summed E-state index contributed by atoms with van der Waals surface area (Å²) < 4.78 is 26.7. The maximum absolute atomic E-state index is 12.7. The lowest BCUT2D eigenvalue weighted by Gasteiger charge is -2.34. The molecule has 1 aliphatic heterocycles. The average Bonchev–Trinajstić information content (AvgIpc) is 2.89. The van der Waals surface area contributed by atoms with Crippen LogP contribution in [0, 0.1) is 0 Å². The Labute approximate surface area is 118 Å². The predicted octanol–water partition coefficient (Wildman–Crippen LogP) is 1.45. The second-order valence-corrected chi connectivity index (χ2v) is 6.80. The number of nitrogens with one attached hydrogen (secondary N) is 1. The molecule has 1 fully saturated rings. The van der Waals surface area contributed by atoms with Crippen molar-refractivity contribution in [2.45, 2.75) is 50.1 Å². The van der Waals surface area contributed by atoms with Crippen LogP contribution in [0.1, 0.15) is 49.4 Å². The van der Waals surface area contributed by atoms with Crippen LogP contribution in [0.5, 0.6) is 0 Å². The number of hydrogen-bond donors (Lipinski definition) is 2. The minimum absolute atomic E-state index is 0.0521. The third-order valence-electron chi connectivity index (χ3n) is 3.60. The Hall–Kier alpha value is -1.41. The van der Waals surface area contributed by atoms with Gasteiger partial charge in [-0.25, -0.2) is 13.2 Å². The highest BCUT2D eigenvalue weighted by atomic mass is 32.2. The van der Waals surface area contributed by atoms with Crippen LogP contribution in [-0.4, -0.2) is 46.6 Å². The summed E-state index contributed by atoms with van der Waals surface area (Å²) in [6, 6.07) is -0.0521. The lowest BCUT2D eigenvalue weighted by molar-refractivity contribution is 0.0692. The monoisotopic (exact) mass is 301 g/mol. The lowest BCUT2D eigenvalue weighted by Crippen LogP contribution is -2.44. The van der Waals surface area contributed by atoms with Crippen LogP contribution in [0.2, 0.25) is 0 Å². The molecule has 1 aromatic rings. The molecule has 1 saturated heterocycles. The third kappa shape index (κ3) is 2.71. The molecule has 0 saturated carbocycles. The Morgan fingerprint density at radius 2 is 2.30 bits per heavy atom. The van der Waals surface area contributed by atoms with E-state index in [0.717, 1.165) is 38.3 Å². The molecule has 2 rings (SSSR count). The Kier molecular flexibility index (Phi) is 4.44. The number of nitrogens with zero attached hydrogens (tertiary/aromatic N) is 2. The van der Waals surface area contributed by atoms with Crippen LogP contribution in [0.15, 0.2) is 11.2 Å². The van der Waals surface area contributed by atoms with Gasteiger partial charge in [0.1, 0.15) is 5.56 Å². The van der Waals surface area contributed by atoms with Gasteiger partial charge in [-0.15, -0.1) is 0 Å². The molecular weight excluding hydrogens is 282 g/mol. The summed E-state index contributed by atoms with van der Waals surface area (Å²) in [5, 5.41) is 14.6. The van der Waals surface area contributed by atoms with Crippen molar-refractivity contribution in [1.82, 2.24) is 14.5 Å². The Bertz CT molecular complexity index is 579. The number of carboxylic acids is 1. The first-order valence-corrected chi connectivity index (χ1v) is 8.21. The van der Waals surface area contributed by atoms with E-state index in [4.69, 9.17) is 5.11 Å². The minimum atomic E-state index is -3.83. The topological polar surface area (TPSA) is 103 Å². The number of H-pyrrole nitrogens is 1.